The van der Waals surface area contributed by atoms with Crippen molar-refractivity contribution in [1.29, 1.82) is 5.26 Å². The second kappa shape index (κ2) is 5.46. The van der Waals surface area contributed by atoms with Gasteiger partial charge in [0.15, 0.2) is 0 Å². The quantitative estimate of drug-likeness (QED) is 0.638. The fraction of sp³-hybridized carbons (Fsp3) is 0. The van der Waals surface area contributed by atoms with Crippen LogP contribution in [0.15, 0.2) is 41.0 Å². The maximum atomic E-state index is 10.9. The highest BCUT2D eigenvalue weighted by atomic mass is 79.9. The number of nitro benzene ring substituents is 1. The van der Waals surface area contributed by atoms with Crippen LogP contribution in [0.2, 0.25) is 0 Å². The van der Waals surface area contributed by atoms with Crippen molar-refractivity contribution in [3.05, 3.63) is 56.8 Å². The van der Waals surface area contributed by atoms with E-state index in [1.807, 2.05) is 6.07 Å². The summed E-state index contributed by atoms with van der Waals surface area (Å²) in [6.07, 6.45) is 1.40. The molecule has 0 saturated carbocycles. The van der Waals surface area contributed by atoms with Gasteiger partial charge in [-0.15, -0.1) is 0 Å². The van der Waals surface area contributed by atoms with Crippen molar-refractivity contribution in [2.45, 2.75) is 0 Å². The number of hydrogen-bond acceptors (Lipinski definition) is 5. The van der Waals surface area contributed by atoms with Crippen LogP contribution in [0.3, 0.4) is 0 Å². The topological polar surface area (TPSA) is 89.0 Å². The average Bonchev–Trinajstić information content (AvgIpc) is 2.41. The number of nitrogens with zero attached hydrogens (tertiary/aromatic N) is 3. The van der Waals surface area contributed by atoms with Crippen molar-refractivity contribution < 1.29 is 9.66 Å². The number of halogens is 1. The zero-order valence-corrected chi connectivity index (χ0v) is 11.0. The molecular weight excluding hydrogens is 314 g/mol. The highest BCUT2D eigenvalue weighted by Crippen LogP contribution is 2.33. The molecule has 0 aliphatic carbocycles. The van der Waals surface area contributed by atoms with Crippen molar-refractivity contribution in [3.63, 3.8) is 0 Å². The Morgan fingerprint density at radius 1 is 1.37 bits per heavy atom. The van der Waals surface area contributed by atoms with E-state index in [-0.39, 0.29) is 17.1 Å². The maximum Gasteiger partial charge on any atom is 0.312 e. The molecule has 0 unspecified atom stereocenters. The minimum Gasteiger partial charge on any atom is -0.450 e. The smallest absolute Gasteiger partial charge is 0.312 e. The van der Waals surface area contributed by atoms with Crippen LogP contribution in [-0.4, -0.2) is 9.91 Å². The van der Waals surface area contributed by atoms with Crippen LogP contribution in [-0.2, 0) is 0 Å². The van der Waals surface area contributed by atoms with E-state index in [4.69, 9.17) is 10.00 Å². The molecule has 94 valence electrons. The Morgan fingerprint density at radius 2 is 2.16 bits per heavy atom. The first-order valence-electron chi connectivity index (χ1n) is 5.08. The molecule has 6 nitrogen and oxygen atoms in total. The lowest BCUT2D eigenvalue weighted by molar-refractivity contribution is -0.385. The molecule has 0 atom stereocenters. The van der Waals surface area contributed by atoms with Crippen LogP contribution < -0.4 is 4.74 Å². The molecule has 0 aliphatic rings. The zero-order valence-electron chi connectivity index (χ0n) is 9.41. The SMILES string of the molecule is N#Cc1cc(Oc2ccc(Br)cc2[N+](=O)[O-])ccn1. The van der Waals surface area contributed by atoms with Crippen LogP contribution in [0.1, 0.15) is 5.69 Å². The summed E-state index contributed by atoms with van der Waals surface area (Å²) in [6.45, 7) is 0. The first-order valence-corrected chi connectivity index (χ1v) is 5.87. The Balaban J connectivity index is 2.38. The van der Waals surface area contributed by atoms with Gasteiger partial charge in [-0.25, -0.2) is 4.98 Å². The molecule has 0 saturated heterocycles. The number of pyridine rings is 1. The van der Waals surface area contributed by atoms with Crippen molar-refractivity contribution in [2.75, 3.05) is 0 Å². The third kappa shape index (κ3) is 3.05. The standard InChI is InChI=1S/C12H6BrN3O3/c13-8-1-2-12(11(5-8)16(17)18)19-10-3-4-15-9(6-10)7-14/h1-6H. The molecule has 0 spiro atoms. The average molecular weight is 320 g/mol. The molecule has 0 radical (unpaired) electrons. The van der Waals surface area contributed by atoms with Crippen molar-refractivity contribution in [1.82, 2.24) is 4.98 Å². The lowest BCUT2D eigenvalue weighted by atomic mass is 10.3. The summed E-state index contributed by atoms with van der Waals surface area (Å²) < 4.78 is 6.00. The summed E-state index contributed by atoms with van der Waals surface area (Å²) in [6, 6.07) is 9.26. The number of hydrogen-bond donors (Lipinski definition) is 0. The highest BCUT2D eigenvalue weighted by molar-refractivity contribution is 9.10. The second-order valence-corrected chi connectivity index (χ2v) is 4.38. The molecule has 0 amide bonds. The molecule has 0 fully saturated rings. The van der Waals surface area contributed by atoms with Crippen LogP contribution in [0, 0.1) is 21.4 Å². The van der Waals surface area contributed by atoms with Crippen LogP contribution >= 0.6 is 15.9 Å². The summed E-state index contributed by atoms with van der Waals surface area (Å²) in [5.74, 6) is 0.417. The largest absolute Gasteiger partial charge is 0.450 e. The summed E-state index contributed by atoms with van der Waals surface area (Å²) >= 11 is 3.16. The van der Waals surface area contributed by atoms with E-state index in [0.29, 0.717) is 10.2 Å². The molecule has 7 heteroatoms. The van der Waals surface area contributed by atoms with Gasteiger partial charge >= 0.3 is 5.69 Å². The van der Waals surface area contributed by atoms with Gasteiger partial charge in [0.1, 0.15) is 17.5 Å². The van der Waals surface area contributed by atoms with Gasteiger partial charge in [0.25, 0.3) is 0 Å². The summed E-state index contributed by atoms with van der Waals surface area (Å²) in [5, 5.41) is 19.7. The Bertz CT molecular complexity index is 682. The van der Waals surface area contributed by atoms with Gasteiger partial charge in [0.05, 0.1) is 4.92 Å². The number of nitro groups is 1. The molecule has 2 aromatic rings. The fourth-order valence-electron chi connectivity index (χ4n) is 1.38. The number of nitriles is 1. The summed E-state index contributed by atoms with van der Waals surface area (Å²) in [5.41, 5.74) is 0.0157. The van der Waals surface area contributed by atoms with E-state index in [0.717, 1.165) is 0 Å². The minimum absolute atomic E-state index is 0.100. The highest BCUT2D eigenvalue weighted by Gasteiger charge is 2.16. The molecule has 0 bridgehead atoms. The Labute approximate surface area is 116 Å². The normalized spacial score (nSPS) is 9.68. The summed E-state index contributed by atoms with van der Waals surface area (Å²) in [7, 11) is 0. The number of rotatable bonds is 3. The monoisotopic (exact) mass is 319 g/mol. The fourth-order valence-corrected chi connectivity index (χ4v) is 1.73. The second-order valence-electron chi connectivity index (χ2n) is 3.46. The predicted octanol–water partition coefficient (Wildman–Crippen LogP) is 3.42. The lowest BCUT2D eigenvalue weighted by Gasteiger charge is -2.06. The molecule has 19 heavy (non-hydrogen) atoms. The van der Waals surface area contributed by atoms with Crippen molar-refractivity contribution in [3.8, 4) is 17.6 Å². The lowest BCUT2D eigenvalue weighted by Crippen LogP contribution is -1.94. The Kier molecular flexibility index (Phi) is 3.73. The maximum absolute atomic E-state index is 10.9. The first kappa shape index (κ1) is 13.0. The molecule has 2 rings (SSSR count). The van der Waals surface area contributed by atoms with Crippen molar-refractivity contribution in [2.24, 2.45) is 0 Å². The van der Waals surface area contributed by atoms with Gasteiger partial charge in [-0.2, -0.15) is 5.26 Å². The van der Waals surface area contributed by atoms with Gasteiger partial charge in [-0.05, 0) is 18.2 Å². The van der Waals surface area contributed by atoms with E-state index >= 15 is 0 Å². The van der Waals surface area contributed by atoms with Gasteiger partial charge in [-0.3, -0.25) is 10.1 Å². The third-order valence-electron chi connectivity index (χ3n) is 2.19. The van der Waals surface area contributed by atoms with Crippen LogP contribution in [0.4, 0.5) is 5.69 Å². The Morgan fingerprint density at radius 3 is 2.84 bits per heavy atom. The van der Waals surface area contributed by atoms with E-state index in [1.165, 1.54) is 30.5 Å². The summed E-state index contributed by atoms with van der Waals surface area (Å²) in [4.78, 5) is 14.2. The zero-order chi connectivity index (χ0) is 13.8. The van der Waals surface area contributed by atoms with Gasteiger partial charge in [-0.1, -0.05) is 15.9 Å². The minimum atomic E-state index is -0.535. The molecule has 0 aliphatic heterocycles. The third-order valence-corrected chi connectivity index (χ3v) is 2.68. The van der Waals surface area contributed by atoms with E-state index in [1.54, 1.807) is 6.07 Å². The number of aromatic nitrogens is 1. The van der Waals surface area contributed by atoms with Crippen molar-refractivity contribution >= 4 is 21.6 Å². The molecular formula is C12H6BrN3O3. The molecule has 1 aromatic carbocycles. The number of benzene rings is 1. The van der Waals surface area contributed by atoms with E-state index in [9.17, 15) is 10.1 Å². The molecule has 0 N–H and O–H groups in total. The predicted molar refractivity (Wildman–Crippen MR) is 69.8 cm³/mol. The molecule has 1 heterocycles. The Hall–Kier alpha value is -2.46. The van der Waals surface area contributed by atoms with Gasteiger partial charge in [0, 0.05) is 22.8 Å². The van der Waals surface area contributed by atoms with Crippen LogP contribution in [0.25, 0.3) is 0 Å². The van der Waals surface area contributed by atoms with Gasteiger partial charge in [0.2, 0.25) is 5.75 Å². The van der Waals surface area contributed by atoms with Crippen LogP contribution in [0.5, 0.6) is 11.5 Å². The number of ether oxygens (including phenoxy) is 1. The molecule has 1 aromatic heterocycles. The van der Waals surface area contributed by atoms with E-state index in [2.05, 4.69) is 20.9 Å². The first-order chi connectivity index (χ1) is 9.10. The van der Waals surface area contributed by atoms with Gasteiger partial charge < -0.3 is 4.74 Å². The van der Waals surface area contributed by atoms with E-state index < -0.39 is 4.92 Å².